The zero-order valence-corrected chi connectivity index (χ0v) is 17.2. The van der Waals surface area contributed by atoms with Crippen molar-refractivity contribution in [1.82, 2.24) is 15.6 Å². The van der Waals surface area contributed by atoms with Gasteiger partial charge in [0.1, 0.15) is 17.1 Å². The molecule has 0 fully saturated rings. The maximum absolute atomic E-state index is 5.90. The fourth-order valence-electron chi connectivity index (χ4n) is 2.55. The van der Waals surface area contributed by atoms with Crippen molar-refractivity contribution in [2.75, 3.05) is 7.05 Å². The molecule has 0 saturated carbocycles. The second-order valence-electron chi connectivity index (χ2n) is 5.67. The molecule has 0 bridgehead atoms. The number of rotatable bonds is 4. The van der Waals surface area contributed by atoms with E-state index < -0.39 is 0 Å². The van der Waals surface area contributed by atoms with E-state index in [0.29, 0.717) is 24.9 Å². The van der Waals surface area contributed by atoms with Gasteiger partial charge in [0.15, 0.2) is 5.96 Å². The number of halogens is 1. The lowest BCUT2D eigenvalue weighted by molar-refractivity contribution is 0.463. The number of fused-ring (bicyclic) bond motifs is 1. The van der Waals surface area contributed by atoms with E-state index in [4.69, 9.17) is 8.83 Å². The Bertz CT molecular complexity index is 863. The Kier molecular flexibility index (Phi) is 6.46. The highest BCUT2D eigenvalue weighted by Gasteiger charge is 2.11. The first-order chi connectivity index (χ1) is 11.6. The number of nitrogens with one attached hydrogen (secondary N) is 2. The number of benzene rings is 1. The molecule has 2 aromatic heterocycles. The van der Waals surface area contributed by atoms with Crippen LogP contribution in [0.5, 0.6) is 0 Å². The van der Waals surface area contributed by atoms with Crippen LogP contribution in [0.3, 0.4) is 0 Å². The van der Waals surface area contributed by atoms with Crippen LogP contribution in [0.1, 0.15) is 28.7 Å². The summed E-state index contributed by atoms with van der Waals surface area (Å²) in [5.41, 5.74) is 2.96. The Balaban J connectivity index is 0.00000225. The lowest BCUT2D eigenvalue weighted by Gasteiger charge is -2.09. The van der Waals surface area contributed by atoms with Gasteiger partial charge in [0, 0.05) is 18.0 Å². The number of guanidine groups is 1. The van der Waals surface area contributed by atoms with Gasteiger partial charge in [-0.2, -0.15) is 0 Å². The zero-order valence-electron chi connectivity index (χ0n) is 14.8. The molecule has 2 heterocycles. The molecular weight excluding hydrogens is 431 g/mol. The van der Waals surface area contributed by atoms with Crippen molar-refractivity contribution >= 4 is 40.9 Å². The van der Waals surface area contributed by atoms with E-state index in [1.165, 1.54) is 0 Å². The molecular formula is C18H23IN4O2. The first kappa shape index (κ1) is 19.3. The molecule has 0 aliphatic rings. The van der Waals surface area contributed by atoms with Gasteiger partial charge in [0.25, 0.3) is 0 Å². The van der Waals surface area contributed by atoms with Crippen molar-refractivity contribution in [1.29, 1.82) is 0 Å². The van der Waals surface area contributed by atoms with Gasteiger partial charge in [-0.15, -0.1) is 24.0 Å². The molecule has 7 heteroatoms. The van der Waals surface area contributed by atoms with Gasteiger partial charge in [-0.05, 0) is 26.8 Å². The van der Waals surface area contributed by atoms with Crippen molar-refractivity contribution in [2.24, 2.45) is 4.99 Å². The normalized spacial score (nSPS) is 11.4. The molecule has 3 rings (SSSR count). The zero-order chi connectivity index (χ0) is 17.1. The highest BCUT2D eigenvalue weighted by atomic mass is 127. The minimum atomic E-state index is 0. The minimum Gasteiger partial charge on any atom is -0.459 e. The minimum absolute atomic E-state index is 0. The van der Waals surface area contributed by atoms with Crippen LogP contribution in [-0.4, -0.2) is 18.0 Å². The lowest BCUT2D eigenvalue weighted by atomic mass is 10.1. The van der Waals surface area contributed by atoms with Crippen molar-refractivity contribution < 1.29 is 8.83 Å². The summed E-state index contributed by atoms with van der Waals surface area (Å²) >= 11 is 0. The lowest BCUT2D eigenvalue weighted by Crippen LogP contribution is -2.36. The number of hydrogen-bond donors (Lipinski definition) is 2. The van der Waals surface area contributed by atoms with Crippen molar-refractivity contribution in [2.45, 2.75) is 33.9 Å². The highest BCUT2D eigenvalue weighted by Crippen LogP contribution is 2.24. The maximum atomic E-state index is 5.90. The number of nitrogens with zero attached hydrogens (tertiary/aromatic N) is 2. The third kappa shape index (κ3) is 4.33. The fourth-order valence-corrected chi connectivity index (χ4v) is 2.55. The standard InChI is InChI=1S/C18H22N4O2.HI/c1-11-14-7-5-6-8-15(14)24-16(11)9-20-18(19-4)21-10-17-22-12(2)13(3)23-17;/h5-8H,9-10H2,1-4H3,(H2,19,20,21);1H. The van der Waals surface area contributed by atoms with E-state index >= 15 is 0 Å². The van der Waals surface area contributed by atoms with Crippen molar-refractivity contribution in [3.05, 3.63) is 52.9 Å². The summed E-state index contributed by atoms with van der Waals surface area (Å²) in [5.74, 6) is 3.06. The molecule has 0 radical (unpaired) electrons. The summed E-state index contributed by atoms with van der Waals surface area (Å²) in [7, 11) is 1.73. The Labute approximate surface area is 164 Å². The van der Waals surface area contributed by atoms with E-state index in [1.54, 1.807) is 7.05 Å². The molecule has 0 saturated heterocycles. The number of aromatic nitrogens is 1. The molecule has 0 amide bonds. The average Bonchev–Trinajstić information content (AvgIpc) is 3.08. The third-order valence-corrected chi connectivity index (χ3v) is 4.06. The summed E-state index contributed by atoms with van der Waals surface area (Å²) in [4.78, 5) is 8.56. The summed E-state index contributed by atoms with van der Waals surface area (Å²) in [6, 6.07) is 8.04. The molecule has 0 aliphatic carbocycles. The van der Waals surface area contributed by atoms with Gasteiger partial charge < -0.3 is 19.5 Å². The smallest absolute Gasteiger partial charge is 0.214 e. The molecule has 0 unspecified atom stereocenters. The van der Waals surface area contributed by atoms with Crippen molar-refractivity contribution in [3.63, 3.8) is 0 Å². The predicted octanol–water partition coefficient (Wildman–Crippen LogP) is 3.83. The first-order valence-electron chi connectivity index (χ1n) is 7.93. The summed E-state index contributed by atoms with van der Waals surface area (Å²) < 4.78 is 11.5. The van der Waals surface area contributed by atoms with Crippen LogP contribution in [0.15, 0.2) is 38.1 Å². The second kappa shape index (κ2) is 8.37. The van der Waals surface area contributed by atoms with E-state index in [0.717, 1.165) is 33.7 Å². The second-order valence-corrected chi connectivity index (χ2v) is 5.67. The Morgan fingerprint density at radius 1 is 1.08 bits per heavy atom. The largest absolute Gasteiger partial charge is 0.459 e. The van der Waals surface area contributed by atoms with Crippen LogP contribution in [0.2, 0.25) is 0 Å². The topological polar surface area (TPSA) is 75.6 Å². The van der Waals surface area contributed by atoms with Crippen LogP contribution in [0.4, 0.5) is 0 Å². The molecule has 2 N–H and O–H groups in total. The van der Waals surface area contributed by atoms with E-state index in [2.05, 4.69) is 33.6 Å². The molecule has 0 aliphatic heterocycles. The molecule has 134 valence electrons. The highest BCUT2D eigenvalue weighted by molar-refractivity contribution is 14.0. The maximum Gasteiger partial charge on any atom is 0.214 e. The number of furan rings is 1. The van der Waals surface area contributed by atoms with E-state index in [1.807, 2.05) is 32.0 Å². The Morgan fingerprint density at radius 3 is 2.44 bits per heavy atom. The number of aryl methyl sites for hydroxylation is 3. The van der Waals surface area contributed by atoms with Crippen LogP contribution in [-0.2, 0) is 13.1 Å². The van der Waals surface area contributed by atoms with E-state index in [-0.39, 0.29) is 24.0 Å². The van der Waals surface area contributed by atoms with Gasteiger partial charge in [-0.3, -0.25) is 4.99 Å². The first-order valence-corrected chi connectivity index (χ1v) is 7.93. The predicted molar refractivity (Wildman–Crippen MR) is 109 cm³/mol. The summed E-state index contributed by atoms with van der Waals surface area (Å²) in [5, 5.41) is 7.59. The number of oxazole rings is 1. The fraction of sp³-hybridized carbons (Fsp3) is 0.333. The van der Waals surface area contributed by atoms with Crippen LogP contribution in [0, 0.1) is 20.8 Å². The van der Waals surface area contributed by atoms with Crippen LogP contribution in [0.25, 0.3) is 11.0 Å². The van der Waals surface area contributed by atoms with Gasteiger partial charge in [-0.1, -0.05) is 18.2 Å². The van der Waals surface area contributed by atoms with Crippen molar-refractivity contribution in [3.8, 4) is 0 Å². The molecule has 6 nitrogen and oxygen atoms in total. The van der Waals surface area contributed by atoms with Gasteiger partial charge in [0.05, 0.1) is 18.8 Å². The monoisotopic (exact) mass is 454 g/mol. The molecule has 3 aromatic rings. The molecule has 0 spiro atoms. The quantitative estimate of drug-likeness (QED) is 0.356. The van der Waals surface area contributed by atoms with Crippen LogP contribution < -0.4 is 10.6 Å². The number of para-hydroxylation sites is 1. The van der Waals surface area contributed by atoms with Crippen LogP contribution >= 0.6 is 24.0 Å². The average molecular weight is 454 g/mol. The number of hydrogen-bond acceptors (Lipinski definition) is 4. The molecule has 25 heavy (non-hydrogen) atoms. The third-order valence-electron chi connectivity index (χ3n) is 4.06. The van der Waals surface area contributed by atoms with E-state index in [9.17, 15) is 0 Å². The summed E-state index contributed by atoms with van der Waals surface area (Å²) in [6.07, 6.45) is 0. The Hall–Kier alpha value is -2.03. The van der Waals surface area contributed by atoms with Gasteiger partial charge >= 0.3 is 0 Å². The van der Waals surface area contributed by atoms with Gasteiger partial charge in [0.2, 0.25) is 5.89 Å². The van der Waals surface area contributed by atoms with Gasteiger partial charge in [-0.25, -0.2) is 4.98 Å². The SMILES string of the molecule is CN=C(NCc1nc(C)c(C)o1)NCc1oc2ccccc2c1C.I. The Morgan fingerprint density at radius 2 is 1.80 bits per heavy atom. The summed E-state index contributed by atoms with van der Waals surface area (Å²) in [6.45, 7) is 6.94. The number of aliphatic imine (C=N–C) groups is 1. The molecule has 0 atom stereocenters. The molecule has 1 aromatic carbocycles.